The largest absolute Gasteiger partial charge is 0.394 e. The molecule has 300 valence electrons. The van der Waals surface area contributed by atoms with E-state index in [4.69, 9.17) is 6.13 Å². The quantitative estimate of drug-likeness (QED) is 0.120. The number of rotatable bonds is 14. The van der Waals surface area contributed by atoms with Gasteiger partial charge in [-0.15, -0.1) is 0 Å². The average molecular weight is 1020 g/mol. The molecule has 11 nitrogen and oxygen atoms in total. The molecule has 57 heavy (non-hydrogen) atoms. The van der Waals surface area contributed by atoms with Gasteiger partial charge in [0.15, 0.2) is 46.0 Å². The Bertz CT molecular complexity index is 2070. The Morgan fingerprint density at radius 2 is 1.42 bits per heavy atom. The maximum atomic E-state index is 14.0. The summed E-state index contributed by atoms with van der Waals surface area (Å²) in [6.07, 6.45) is 7.70. The minimum Gasteiger partial charge on any atom is -0.394 e. The first-order valence-electron chi connectivity index (χ1n) is 19.3. The molecule has 2 fully saturated rings. The topological polar surface area (TPSA) is 134 Å². The Hall–Kier alpha value is -3.87. The number of benzene rings is 4. The minimum atomic E-state index is -1.52. The standard InChI is InChI=1S/C43H46I2N4O7S/c1-2-49(35-21-17-32(18-22-35)43(53)56-45)57(54)37-8-6-7-33(27-37)40(50)47-39-24-23-36(48-25-4-3-5-26-48)28-38(39)41(51)46-34-19-13-30(14-20-34)10-9-29-11-15-31(16-12-29)42(52)55-44/h6-8,11-16,19-20,23-24,27-28,32,35H,2-5,9-10,17-18,21-22,25-26H2,1H3,(H,46,51)(H,47,50). The summed E-state index contributed by atoms with van der Waals surface area (Å²) in [5, 5.41) is 6.00. The molecule has 4 aromatic rings. The molecular formula is C43H46I2N4O7S. The third kappa shape index (κ3) is 11.2. The summed E-state index contributed by atoms with van der Waals surface area (Å²) in [7, 11) is -1.52. The number of amides is 2. The van der Waals surface area contributed by atoms with Crippen LogP contribution in [-0.2, 0) is 34.8 Å². The van der Waals surface area contributed by atoms with Crippen molar-refractivity contribution in [2.24, 2.45) is 5.92 Å². The Morgan fingerprint density at radius 3 is 2.05 bits per heavy atom. The van der Waals surface area contributed by atoms with E-state index in [0.29, 0.717) is 52.3 Å². The van der Waals surface area contributed by atoms with Crippen LogP contribution in [0.25, 0.3) is 0 Å². The lowest BCUT2D eigenvalue weighted by atomic mass is 9.86. The second-order valence-corrected chi connectivity index (χ2v) is 16.7. The van der Waals surface area contributed by atoms with Gasteiger partial charge in [0.1, 0.15) is 11.0 Å². The lowest BCUT2D eigenvalue weighted by Crippen LogP contribution is -2.40. The van der Waals surface area contributed by atoms with Crippen LogP contribution in [0.5, 0.6) is 0 Å². The Kier molecular flexibility index (Phi) is 15.5. The predicted molar refractivity (Wildman–Crippen MR) is 239 cm³/mol. The van der Waals surface area contributed by atoms with Crippen LogP contribution in [-0.4, -0.2) is 57.9 Å². The molecule has 1 saturated carbocycles. The van der Waals surface area contributed by atoms with Gasteiger partial charge in [-0.05, 0) is 130 Å². The zero-order chi connectivity index (χ0) is 40.3. The number of halogens is 2. The van der Waals surface area contributed by atoms with Gasteiger partial charge >= 0.3 is 11.9 Å². The summed E-state index contributed by atoms with van der Waals surface area (Å²) in [6, 6.07) is 27.5. The summed E-state index contributed by atoms with van der Waals surface area (Å²) < 4.78 is 25.5. The van der Waals surface area contributed by atoms with Gasteiger partial charge in [-0.25, -0.2) is 13.3 Å². The molecule has 1 saturated heterocycles. The van der Waals surface area contributed by atoms with E-state index in [2.05, 4.69) is 15.5 Å². The van der Waals surface area contributed by atoms with E-state index in [1.807, 2.05) is 59.8 Å². The summed E-state index contributed by atoms with van der Waals surface area (Å²) in [5.41, 5.74) is 5.28. The molecule has 14 heteroatoms. The first-order valence-corrected chi connectivity index (χ1v) is 22.2. The van der Waals surface area contributed by atoms with Crippen molar-refractivity contribution in [2.75, 3.05) is 35.2 Å². The normalized spacial score (nSPS) is 17.4. The lowest BCUT2D eigenvalue weighted by Gasteiger charge is -2.34. The van der Waals surface area contributed by atoms with Gasteiger partial charge < -0.3 is 21.7 Å². The number of carbonyl (C=O) groups excluding carboxylic acids is 4. The van der Waals surface area contributed by atoms with Crippen molar-refractivity contribution in [1.29, 1.82) is 0 Å². The van der Waals surface area contributed by atoms with E-state index in [1.54, 1.807) is 88.5 Å². The molecule has 1 aliphatic carbocycles. The summed E-state index contributed by atoms with van der Waals surface area (Å²) >= 11 is 3.21. The molecule has 0 spiro atoms. The van der Waals surface area contributed by atoms with Crippen molar-refractivity contribution in [1.82, 2.24) is 4.31 Å². The third-order valence-electron chi connectivity index (χ3n) is 10.7. The molecule has 1 aliphatic heterocycles. The zero-order valence-electron chi connectivity index (χ0n) is 31.7. The van der Waals surface area contributed by atoms with E-state index in [-0.39, 0.29) is 29.8 Å². The van der Waals surface area contributed by atoms with Crippen LogP contribution in [0.15, 0.2) is 95.9 Å². The maximum absolute atomic E-state index is 14.0. The predicted octanol–water partition coefficient (Wildman–Crippen LogP) is 9.27. The number of hydrogen-bond donors (Lipinski definition) is 2. The third-order valence-corrected chi connectivity index (χ3v) is 13.2. The van der Waals surface area contributed by atoms with Crippen LogP contribution in [0.3, 0.4) is 0 Å². The van der Waals surface area contributed by atoms with E-state index in [0.717, 1.165) is 68.4 Å². The molecule has 2 N–H and O–H groups in total. The molecule has 1 atom stereocenters. The highest BCUT2D eigenvalue weighted by Crippen LogP contribution is 2.32. The highest BCUT2D eigenvalue weighted by atomic mass is 127. The van der Waals surface area contributed by atoms with Gasteiger partial charge in [0.05, 0.1) is 27.6 Å². The highest BCUT2D eigenvalue weighted by Gasteiger charge is 2.32. The van der Waals surface area contributed by atoms with Crippen molar-refractivity contribution in [3.63, 3.8) is 0 Å². The minimum absolute atomic E-state index is 0.0422. The maximum Gasteiger partial charge on any atom is 0.347 e. The smallest absolute Gasteiger partial charge is 0.347 e. The highest BCUT2D eigenvalue weighted by molar-refractivity contribution is 14.1. The van der Waals surface area contributed by atoms with E-state index >= 15 is 0 Å². The molecule has 4 aromatic carbocycles. The van der Waals surface area contributed by atoms with Crippen molar-refractivity contribution in [3.8, 4) is 0 Å². The Labute approximate surface area is 364 Å². The van der Waals surface area contributed by atoms with Crippen molar-refractivity contribution < 1.29 is 29.5 Å². The summed E-state index contributed by atoms with van der Waals surface area (Å²) in [5.74, 6) is -1.49. The molecule has 2 aliphatic rings. The van der Waals surface area contributed by atoms with Crippen molar-refractivity contribution >= 4 is 97.8 Å². The Morgan fingerprint density at radius 1 is 0.754 bits per heavy atom. The van der Waals surface area contributed by atoms with Crippen LogP contribution in [0, 0.1) is 5.92 Å². The zero-order valence-corrected chi connectivity index (χ0v) is 36.8. The van der Waals surface area contributed by atoms with Crippen LogP contribution in [0.4, 0.5) is 17.1 Å². The van der Waals surface area contributed by atoms with E-state index in [9.17, 15) is 23.4 Å². The van der Waals surface area contributed by atoms with E-state index < -0.39 is 16.9 Å². The number of anilines is 3. The number of aryl methyl sites for hydroxylation is 2. The Balaban J connectivity index is 1.14. The van der Waals surface area contributed by atoms with Crippen LogP contribution < -0.4 is 15.5 Å². The van der Waals surface area contributed by atoms with Gasteiger partial charge in [-0.2, -0.15) is 0 Å². The second-order valence-electron chi connectivity index (χ2n) is 14.4. The molecule has 6 rings (SSSR count). The fourth-order valence-corrected chi connectivity index (χ4v) is 9.54. The molecule has 1 heterocycles. The first kappa shape index (κ1) is 42.7. The summed E-state index contributed by atoms with van der Waals surface area (Å²) in [6.45, 7) is 4.31. The number of piperidine rings is 1. The SMILES string of the molecule is CCN(C1CCC(C(=O)OI)CC1)S(=O)c1cccc(C(=O)Nc2ccc(N3CCCCC3)cc2C(=O)Nc2ccc(CCc3ccc(C(=O)OI)cc3)cc2)c1. The fraction of sp³-hybridized carbons (Fsp3) is 0.349. The number of nitrogens with zero attached hydrogens (tertiary/aromatic N) is 2. The van der Waals surface area contributed by atoms with Gasteiger partial charge in [0, 0.05) is 42.6 Å². The number of carbonyl (C=O) groups is 4. The molecule has 0 radical (unpaired) electrons. The van der Waals surface area contributed by atoms with Gasteiger partial charge in [0.2, 0.25) is 0 Å². The molecule has 1 unspecified atom stereocenters. The van der Waals surface area contributed by atoms with Gasteiger partial charge in [-0.3, -0.25) is 14.4 Å². The van der Waals surface area contributed by atoms with Gasteiger partial charge in [-0.1, -0.05) is 37.3 Å². The van der Waals surface area contributed by atoms with Crippen molar-refractivity contribution in [2.45, 2.75) is 75.6 Å². The lowest BCUT2D eigenvalue weighted by molar-refractivity contribution is -0.137. The first-order chi connectivity index (χ1) is 27.7. The van der Waals surface area contributed by atoms with Crippen molar-refractivity contribution in [3.05, 3.63) is 119 Å². The fourth-order valence-electron chi connectivity index (χ4n) is 7.52. The second kappa shape index (κ2) is 20.7. The molecule has 2 amide bonds. The van der Waals surface area contributed by atoms with Gasteiger partial charge in [0.25, 0.3) is 11.8 Å². The van der Waals surface area contributed by atoms with Crippen LogP contribution in [0.2, 0.25) is 0 Å². The number of nitrogens with one attached hydrogen (secondary N) is 2. The molecule has 0 aromatic heterocycles. The van der Waals surface area contributed by atoms with Crippen LogP contribution >= 0.6 is 46.0 Å². The molecule has 0 bridgehead atoms. The molecular weight excluding hydrogens is 970 g/mol. The monoisotopic (exact) mass is 1020 g/mol. The summed E-state index contributed by atoms with van der Waals surface area (Å²) in [4.78, 5) is 54.4. The van der Waals surface area contributed by atoms with Crippen LogP contribution in [0.1, 0.15) is 94.1 Å². The average Bonchev–Trinajstić information content (AvgIpc) is 3.26. The number of hydrogen-bond acceptors (Lipinski definition) is 8. The van der Waals surface area contributed by atoms with E-state index in [1.165, 1.54) is 6.42 Å².